The second-order valence-electron chi connectivity index (χ2n) is 3.88. The number of hydrogen-bond donors (Lipinski definition) is 4. The Balaban J connectivity index is 3.05. The van der Waals surface area contributed by atoms with Gasteiger partial charge in [0.1, 0.15) is 0 Å². The number of nitrogens with two attached hydrogens (primary N) is 1. The molecule has 6 nitrogen and oxygen atoms in total. The number of hydrazine groups is 1. The third-order valence-electron chi connectivity index (χ3n) is 3.21. The molecule has 0 saturated heterocycles. The van der Waals surface area contributed by atoms with Gasteiger partial charge in [-0.15, -0.1) is 0 Å². The number of nitrogens with one attached hydrogen (secondary N) is 1. The van der Waals surface area contributed by atoms with E-state index in [9.17, 15) is 9.59 Å². The van der Waals surface area contributed by atoms with Crippen LogP contribution in [0.4, 0.5) is 0 Å². The van der Waals surface area contributed by atoms with E-state index in [4.69, 9.17) is 16.1 Å². The molecule has 1 aliphatic rings. The number of aliphatic hydroxyl groups is 1. The van der Waals surface area contributed by atoms with Crippen LogP contribution >= 0.6 is 0 Å². The van der Waals surface area contributed by atoms with Crippen LogP contribution in [0.3, 0.4) is 0 Å². The highest BCUT2D eigenvalue weighted by Gasteiger charge is 2.52. The van der Waals surface area contributed by atoms with Gasteiger partial charge in [0.05, 0.1) is 0 Å². The fourth-order valence-corrected chi connectivity index (χ4v) is 2.30. The summed E-state index contributed by atoms with van der Waals surface area (Å²) >= 11 is 0. The smallest absolute Gasteiger partial charge is 0.319 e. The average molecular weight is 216 g/mol. The summed E-state index contributed by atoms with van der Waals surface area (Å²) in [5.74, 6) is 2.53. The van der Waals surface area contributed by atoms with Gasteiger partial charge < -0.3 is 10.2 Å². The highest BCUT2D eigenvalue weighted by atomic mass is 16.4. The van der Waals surface area contributed by atoms with Crippen LogP contribution in [0.15, 0.2) is 0 Å². The zero-order valence-corrected chi connectivity index (χ0v) is 8.40. The first-order chi connectivity index (χ1) is 7.09. The Morgan fingerprint density at radius 2 is 2.13 bits per heavy atom. The second-order valence-corrected chi connectivity index (χ2v) is 3.88. The molecule has 0 spiro atoms. The van der Waals surface area contributed by atoms with Crippen LogP contribution in [0.1, 0.15) is 25.7 Å². The van der Waals surface area contributed by atoms with Gasteiger partial charge in [0.15, 0.2) is 5.41 Å². The minimum Gasteiger partial charge on any atom is -0.480 e. The number of rotatable bonds is 3. The van der Waals surface area contributed by atoms with Crippen LogP contribution in [0.25, 0.3) is 0 Å². The van der Waals surface area contributed by atoms with Crippen molar-refractivity contribution in [2.75, 3.05) is 6.61 Å². The minimum absolute atomic E-state index is 0.233. The van der Waals surface area contributed by atoms with Crippen LogP contribution < -0.4 is 11.3 Å². The Morgan fingerprint density at radius 1 is 1.47 bits per heavy atom. The predicted molar refractivity (Wildman–Crippen MR) is 51.4 cm³/mol. The van der Waals surface area contributed by atoms with Crippen molar-refractivity contribution in [1.82, 2.24) is 5.43 Å². The lowest BCUT2D eigenvalue weighted by Crippen LogP contribution is -2.55. The summed E-state index contributed by atoms with van der Waals surface area (Å²) in [4.78, 5) is 22.8. The fourth-order valence-electron chi connectivity index (χ4n) is 2.30. The third-order valence-corrected chi connectivity index (χ3v) is 3.21. The van der Waals surface area contributed by atoms with Crippen molar-refractivity contribution < 1.29 is 19.8 Å². The van der Waals surface area contributed by atoms with Gasteiger partial charge in [-0.2, -0.15) is 0 Å². The molecule has 5 N–H and O–H groups in total. The molecule has 0 aromatic heterocycles. The quantitative estimate of drug-likeness (QED) is 0.214. The Kier molecular flexibility index (Phi) is 3.65. The molecule has 1 saturated carbocycles. The Hall–Kier alpha value is -1.14. The van der Waals surface area contributed by atoms with Crippen LogP contribution in [0.2, 0.25) is 0 Å². The van der Waals surface area contributed by atoms with Gasteiger partial charge in [-0.05, 0) is 12.8 Å². The van der Waals surface area contributed by atoms with Crippen molar-refractivity contribution in [3.8, 4) is 0 Å². The van der Waals surface area contributed by atoms with Crippen molar-refractivity contribution in [1.29, 1.82) is 0 Å². The standard InChI is InChI=1S/C9H16N2O4/c10-11-7(13)9(8(14)15)4-2-1-3-6(9)5-12/h6,12H,1-5,10H2,(H,11,13)(H,14,15)/t6-,9-/m0/s1. The molecular weight excluding hydrogens is 200 g/mol. The number of hydrogen-bond acceptors (Lipinski definition) is 4. The number of carboxylic acids is 1. The monoisotopic (exact) mass is 216 g/mol. The maximum Gasteiger partial charge on any atom is 0.319 e. The van der Waals surface area contributed by atoms with Crippen molar-refractivity contribution >= 4 is 11.9 Å². The minimum atomic E-state index is -1.55. The van der Waals surface area contributed by atoms with E-state index in [1.807, 2.05) is 5.43 Å². The topological polar surface area (TPSA) is 113 Å². The molecule has 1 aliphatic carbocycles. The molecule has 1 rings (SSSR count). The Labute approximate surface area is 87.4 Å². The molecule has 0 aromatic rings. The van der Waals surface area contributed by atoms with Gasteiger partial charge >= 0.3 is 5.97 Å². The molecule has 15 heavy (non-hydrogen) atoms. The molecule has 0 aliphatic heterocycles. The fraction of sp³-hybridized carbons (Fsp3) is 0.778. The summed E-state index contributed by atoms with van der Waals surface area (Å²) < 4.78 is 0. The van der Waals surface area contributed by atoms with E-state index in [-0.39, 0.29) is 13.0 Å². The van der Waals surface area contributed by atoms with Crippen LogP contribution in [-0.2, 0) is 9.59 Å². The van der Waals surface area contributed by atoms with Crippen LogP contribution in [0.5, 0.6) is 0 Å². The van der Waals surface area contributed by atoms with Gasteiger partial charge in [-0.3, -0.25) is 15.0 Å². The first-order valence-electron chi connectivity index (χ1n) is 4.95. The van der Waals surface area contributed by atoms with E-state index < -0.39 is 23.2 Å². The largest absolute Gasteiger partial charge is 0.480 e. The second kappa shape index (κ2) is 4.59. The lowest BCUT2D eigenvalue weighted by atomic mass is 9.66. The molecule has 0 heterocycles. The molecule has 1 fully saturated rings. The van der Waals surface area contributed by atoms with E-state index in [2.05, 4.69) is 0 Å². The molecule has 0 bridgehead atoms. The summed E-state index contributed by atoms with van der Waals surface area (Å²) in [5, 5.41) is 18.3. The summed E-state index contributed by atoms with van der Waals surface area (Å²) in [7, 11) is 0. The SMILES string of the molecule is NNC(=O)[C@]1(C(=O)O)CCCC[C@H]1CO. The Bertz CT molecular complexity index is 269. The molecule has 2 atom stereocenters. The van der Waals surface area contributed by atoms with Gasteiger partial charge in [-0.25, -0.2) is 5.84 Å². The van der Waals surface area contributed by atoms with Gasteiger partial charge in [-0.1, -0.05) is 12.8 Å². The summed E-state index contributed by atoms with van der Waals surface area (Å²) in [6.07, 6.45) is 2.27. The van der Waals surface area contributed by atoms with Crippen LogP contribution in [-0.4, -0.2) is 28.7 Å². The van der Waals surface area contributed by atoms with E-state index in [1.54, 1.807) is 0 Å². The van der Waals surface area contributed by atoms with Gasteiger partial charge in [0, 0.05) is 12.5 Å². The third kappa shape index (κ3) is 1.82. The van der Waals surface area contributed by atoms with Crippen molar-refractivity contribution in [3.05, 3.63) is 0 Å². The van der Waals surface area contributed by atoms with Crippen LogP contribution in [0, 0.1) is 11.3 Å². The molecule has 1 amide bonds. The van der Waals surface area contributed by atoms with E-state index in [0.29, 0.717) is 12.8 Å². The lowest BCUT2D eigenvalue weighted by Gasteiger charge is -2.37. The predicted octanol–water partition coefficient (Wildman–Crippen LogP) is -0.770. The van der Waals surface area contributed by atoms with E-state index in [0.717, 1.165) is 6.42 Å². The summed E-state index contributed by atoms with van der Waals surface area (Å²) in [6.45, 7) is -0.306. The van der Waals surface area contributed by atoms with E-state index >= 15 is 0 Å². The number of amides is 1. The van der Waals surface area contributed by atoms with Crippen molar-refractivity contribution in [2.24, 2.45) is 17.2 Å². The zero-order valence-electron chi connectivity index (χ0n) is 8.40. The zero-order chi connectivity index (χ0) is 11.5. The average Bonchev–Trinajstić information content (AvgIpc) is 2.27. The lowest BCUT2D eigenvalue weighted by molar-refractivity contribution is -0.164. The molecule has 6 heteroatoms. The summed E-state index contributed by atoms with van der Waals surface area (Å²) in [5.41, 5.74) is 0.336. The van der Waals surface area contributed by atoms with Crippen molar-refractivity contribution in [2.45, 2.75) is 25.7 Å². The molecule has 0 radical (unpaired) electrons. The maximum absolute atomic E-state index is 11.6. The normalized spacial score (nSPS) is 30.9. The number of aliphatic hydroxyl groups excluding tert-OH is 1. The number of aliphatic carboxylic acids is 1. The first-order valence-corrected chi connectivity index (χ1v) is 4.95. The maximum atomic E-state index is 11.6. The van der Waals surface area contributed by atoms with E-state index in [1.165, 1.54) is 0 Å². The molecular formula is C9H16N2O4. The van der Waals surface area contributed by atoms with Crippen molar-refractivity contribution in [3.63, 3.8) is 0 Å². The highest BCUT2D eigenvalue weighted by molar-refractivity contribution is 6.02. The van der Waals surface area contributed by atoms with Gasteiger partial charge in [0.25, 0.3) is 5.91 Å². The highest BCUT2D eigenvalue weighted by Crippen LogP contribution is 2.41. The number of carboxylic acid groups (broad SMARTS) is 1. The molecule has 86 valence electrons. The molecule has 0 unspecified atom stereocenters. The first kappa shape index (κ1) is 11.9. The number of carbonyl (C=O) groups excluding carboxylic acids is 1. The number of carbonyl (C=O) groups is 2. The molecule has 0 aromatic carbocycles. The Morgan fingerprint density at radius 3 is 2.60 bits per heavy atom. The van der Waals surface area contributed by atoms with Gasteiger partial charge in [0.2, 0.25) is 0 Å². The summed E-state index contributed by atoms with van der Waals surface area (Å²) in [6, 6.07) is 0.